The Morgan fingerprint density at radius 3 is 2.57 bits per heavy atom. The zero-order chi connectivity index (χ0) is 21.3. The summed E-state index contributed by atoms with van der Waals surface area (Å²) in [5, 5.41) is 2.68. The molecule has 2 heterocycles. The topological polar surface area (TPSA) is 79.0 Å². The molecule has 2 aromatic carbocycles. The number of hydrogen-bond acceptors (Lipinski definition) is 4. The van der Waals surface area contributed by atoms with Gasteiger partial charge in [-0.25, -0.2) is 9.18 Å². The molecule has 1 N–H and O–H groups in total. The van der Waals surface area contributed by atoms with Crippen LogP contribution in [-0.2, 0) is 14.9 Å². The third-order valence-electron chi connectivity index (χ3n) is 5.81. The van der Waals surface area contributed by atoms with Gasteiger partial charge in [0.2, 0.25) is 0 Å². The van der Waals surface area contributed by atoms with Crippen LogP contribution in [-0.4, -0.2) is 56.1 Å². The Hall–Kier alpha value is -3.42. The molecule has 30 heavy (non-hydrogen) atoms. The van der Waals surface area contributed by atoms with E-state index in [2.05, 4.69) is 5.32 Å². The molecule has 0 bridgehead atoms. The number of halogens is 1. The smallest absolute Gasteiger partial charge is 0.321 e. The van der Waals surface area contributed by atoms with Gasteiger partial charge in [0, 0.05) is 31.9 Å². The standard InChI is InChI=1S/C22H22FN3O4/c1-30-20(28)22(15-5-3-2-4-6-15)9-11-25(14-22)19(27)17-13-16(7-8-18(17)23)26-12-10-24-21(26)29/h2-8,13H,9-12,14H2,1H3,(H,24,29). The van der Waals surface area contributed by atoms with Gasteiger partial charge in [-0.1, -0.05) is 30.3 Å². The summed E-state index contributed by atoms with van der Waals surface area (Å²) in [6.45, 7) is 1.32. The molecular weight excluding hydrogens is 389 g/mol. The van der Waals surface area contributed by atoms with Crippen LogP contribution in [0.15, 0.2) is 48.5 Å². The second kappa shape index (κ2) is 7.78. The normalized spacial score (nSPS) is 20.9. The van der Waals surface area contributed by atoms with E-state index in [1.165, 1.54) is 35.1 Å². The molecule has 4 rings (SSSR count). The minimum atomic E-state index is -0.991. The van der Waals surface area contributed by atoms with Gasteiger partial charge in [-0.2, -0.15) is 0 Å². The largest absolute Gasteiger partial charge is 0.468 e. The number of carbonyl (C=O) groups excluding carboxylic acids is 3. The van der Waals surface area contributed by atoms with E-state index in [1.807, 2.05) is 30.3 Å². The van der Waals surface area contributed by atoms with Crippen LogP contribution >= 0.6 is 0 Å². The van der Waals surface area contributed by atoms with Crippen molar-refractivity contribution in [1.29, 1.82) is 0 Å². The van der Waals surface area contributed by atoms with Crippen molar-refractivity contribution in [2.24, 2.45) is 0 Å². The van der Waals surface area contributed by atoms with E-state index in [-0.39, 0.29) is 24.7 Å². The first-order chi connectivity index (χ1) is 14.5. The highest BCUT2D eigenvalue weighted by Gasteiger charge is 2.48. The lowest BCUT2D eigenvalue weighted by molar-refractivity contribution is -0.147. The monoisotopic (exact) mass is 411 g/mol. The number of hydrogen-bond donors (Lipinski definition) is 1. The first kappa shape index (κ1) is 19.9. The number of nitrogens with zero attached hydrogens (tertiary/aromatic N) is 2. The SMILES string of the molecule is COC(=O)C1(c2ccccc2)CCN(C(=O)c2cc(N3CCNC3=O)ccc2F)C1. The first-order valence-electron chi connectivity index (χ1n) is 9.74. The lowest BCUT2D eigenvalue weighted by atomic mass is 9.79. The molecule has 3 amide bonds. The van der Waals surface area contributed by atoms with Crippen molar-refractivity contribution in [3.05, 3.63) is 65.5 Å². The van der Waals surface area contributed by atoms with Crippen LogP contribution in [0.5, 0.6) is 0 Å². The van der Waals surface area contributed by atoms with Crippen LogP contribution in [0.4, 0.5) is 14.9 Å². The first-order valence-corrected chi connectivity index (χ1v) is 9.74. The van der Waals surface area contributed by atoms with E-state index in [9.17, 15) is 18.8 Å². The lowest BCUT2D eigenvalue weighted by Gasteiger charge is -2.27. The predicted octanol–water partition coefficient (Wildman–Crippen LogP) is 2.31. The molecule has 7 nitrogen and oxygen atoms in total. The number of methoxy groups -OCH3 is 1. The highest BCUT2D eigenvalue weighted by Crippen LogP contribution is 2.37. The molecule has 2 fully saturated rings. The summed E-state index contributed by atoms with van der Waals surface area (Å²) < 4.78 is 19.6. The van der Waals surface area contributed by atoms with Crippen LogP contribution in [0.3, 0.4) is 0 Å². The molecule has 2 aliphatic rings. The second-order valence-electron chi connectivity index (χ2n) is 7.46. The van der Waals surface area contributed by atoms with Gasteiger partial charge >= 0.3 is 12.0 Å². The van der Waals surface area contributed by atoms with Gasteiger partial charge in [-0.05, 0) is 30.2 Å². The van der Waals surface area contributed by atoms with Gasteiger partial charge in [-0.3, -0.25) is 14.5 Å². The van der Waals surface area contributed by atoms with Gasteiger partial charge in [0.05, 0.1) is 12.7 Å². The molecule has 8 heteroatoms. The minimum absolute atomic E-state index is 0.0936. The van der Waals surface area contributed by atoms with Crippen LogP contribution in [0.2, 0.25) is 0 Å². The fourth-order valence-corrected chi connectivity index (χ4v) is 4.19. The zero-order valence-corrected chi connectivity index (χ0v) is 16.6. The number of urea groups is 1. The Kier molecular flexibility index (Phi) is 5.15. The molecule has 0 aliphatic carbocycles. The molecule has 2 saturated heterocycles. The third-order valence-corrected chi connectivity index (χ3v) is 5.81. The van der Waals surface area contributed by atoms with Gasteiger partial charge in [0.1, 0.15) is 11.2 Å². The van der Waals surface area contributed by atoms with E-state index in [1.54, 1.807) is 0 Å². The molecule has 2 aromatic rings. The summed E-state index contributed by atoms with van der Waals surface area (Å²) in [5.74, 6) is -1.61. The number of likely N-dealkylation sites (tertiary alicyclic amines) is 1. The summed E-state index contributed by atoms with van der Waals surface area (Å²) in [7, 11) is 1.32. The minimum Gasteiger partial charge on any atom is -0.468 e. The lowest BCUT2D eigenvalue weighted by Crippen LogP contribution is -2.41. The van der Waals surface area contributed by atoms with E-state index >= 15 is 0 Å². The second-order valence-corrected chi connectivity index (χ2v) is 7.46. The number of esters is 1. The van der Waals surface area contributed by atoms with E-state index in [0.29, 0.717) is 25.2 Å². The summed E-state index contributed by atoms with van der Waals surface area (Å²) in [6.07, 6.45) is 0.380. The van der Waals surface area contributed by atoms with Gasteiger partial charge in [0.15, 0.2) is 0 Å². The van der Waals surface area contributed by atoms with E-state index in [0.717, 1.165) is 5.56 Å². The fourth-order valence-electron chi connectivity index (χ4n) is 4.19. The Morgan fingerprint density at radius 1 is 1.13 bits per heavy atom. The van der Waals surface area contributed by atoms with Crippen molar-refractivity contribution in [3.63, 3.8) is 0 Å². The van der Waals surface area contributed by atoms with Crippen molar-refractivity contribution in [2.45, 2.75) is 11.8 Å². The Labute approximate surface area is 173 Å². The Balaban J connectivity index is 1.63. The maximum atomic E-state index is 14.5. The molecule has 1 unspecified atom stereocenters. The van der Waals surface area contributed by atoms with Crippen molar-refractivity contribution < 1.29 is 23.5 Å². The molecule has 0 aromatic heterocycles. The van der Waals surface area contributed by atoms with Crippen LogP contribution < -0.4 is 10.2 Å². The number of amides is 3. The van der Waals surface area contributed by atoms with Crippen molar-refractivity contribution in [1.82, 2.24) is 10.2 Å². The highest BCUT2D eigenvalue weighted by atomic mass is 19.1. The number of anilines is 1. The molecule has 1 atom stereocenters. The molecule has 0 spiro atoms. The molecular formula is C22H22FN3O4. The van der Waals surface area contributed by atoms with Crippen LogP contribution in [0.1, 0.15) is 22.3 Å². The average Bonchev–Trinajstić information content (AvgIpc) is 3.41. The van der Waals surface area contributed by atoms with Gasteiger partial charge in [0.25, 0.3) is 5.91 Å². The molecule has 156 valence electrons. The van der Waals surface area contributed by atoms with Crippen molar-refractivity contribution >= 4 is 23.6 Å². The number of ether oxygens (including phenoxy) is 1. The summed E-state index contributed by atoms with van der Waals surface area (Å²) in [6, 6.07) is 12.9. The van der Waals surface area contributed by atoms with Crippen LogP contribution in [0, 0.1) is 5.82 Å². The quantitative estimate of drug-likeness (QED) is 0.784. The number of carbonyl (C=O) groups is 3. The van der Waals surface area contributed by atoms with Gasteiger partial charge in [-0.15, -0.1) is 0 Å². The Morgan fingerprint density at radius 2 is 1.90 bits per heavy atom. The maximum absolute atomic E-state index is 14.5. The molecule has 0 saturated carbocycles. The fraction of sp³-hybridized carbons (Fsp3) is 0.318. The number of benzene rings is 2. The van der Waals surface area contributed by atoms with Crippen molar-refractivity contribution in [3.8, 4) is 0 Å². The maximum Gasteiger partial charge on any atom is 0.321 e. The summed E-state index contributed by atoms with van der Waals surface area (Å²) in [4.78, 5) is 40.7. The number of nitrogens with one attached hydrogen (secondary N) is 1. The van der Waals surface area contributed by atoms with Gasteiger partial charge < -0.3 is 15.0 Å². The van der Waals surface area contributed by atoms with Crippen molar-refractivity contribution in [2.75, 3.05) is 38.2 Å². The zero-order valence-electron chi connectivity index (χ0n) is 16.6. The molecule has 0 radical (unpaired) electrons. The van der Waals surface area contributed by atoms with E-state index in [4.69, 9.17) is 4.74 Å². The van der Waals surface area contributed by atoms with Crippen LogP contribution in [0.25, 0.3) is 0 Å². The highest BCUT2D eigenvalue weighted by molar-refractivity contribution is 5.99. The third kappa shape index (κ3) is 3.28. The summed E-state index contributed by atoms with van der Waals surface area (Å²) in [5.41, 5.74) is 0.0986. The molecule has 2 aliphatic heterocycles. The predicted molar refractivity (Wildman–Crippen MR) is 108 cm³/mol. The average molecular weight is 411 g/mol. The Bertz CT molecular complexity index is 997. The summed E-state index contributed by atoms with van der Waals surface area (Å²) >= 11 is 0. The van der Waals surface area contributed by atoms with E-state index < -0.39 is 23.1 Å². The number of rotatable bonds is 4.